The zero-order chi connectivity index (χ0) is 17.8. The van der Waals surface area contributed by atoms with E-state index in [-0.39, 0.29) is 17.4 Å². The Morgan fingerprint density at radius 1 is 1.00 bits per heavy atom. The largest absolute Gasteiger partial charge is 0.353 e. The van der Waals surface area contributed by atoms with Crippen LogP contribution < -0.4 is 10.6 Å². The maximum absolute atomic E-state index is 13.7. The van der Waals surface area contributed by atoms with Crippen LogP contribution in [0, 0.1) is 19.7 Å². The van der Waals surface area contributed by atoms with Crippen LogP contribution in [0.25, 0.3) is 0 Å². The average molecular weight is 335 g/mol. The van der Waals surface area contributed by atoms with Crippen molar-refractivity contribution in [3.8, 4) is 0 Å². The van der Waals surface area contributed by atoms with Crippen LogP contribution in [0.2, 0.25) is 0 Å². The SMILES string of the molecule is Cc1ccc(C)c(NC(=O)c2cc(Nc3ccccc3F)ccn2)c1. The number of pyridine rings is 1. The van der Waals surface area contributed by atoms with Gasteiger partial charge < -0.3 is 10.6 Å². The van der Waals surface area contributed by atoms with E-state index >= 15 is 0 Å². The van der Waals surface area contributed by atoms with Gasteiger partial charge in [-0.25, -0.2) is 4.39 Å². The predicted octanol–water partition coefficient (Wildman–Crippen LogP) is 4.83. The van der Waals surface area contributed by atoms with Crippen molar-refractivity contribution in [2.24, 2.45) is 0 Å². The van der Waals surface area contributed by atoms with E-state index in [1.807, 2.05) is 32.0 Å². The van der Waals surface area contributed by atoms with Gasteiger partial charge in [-0.05, 0) is 55.3 Å². The summed E-state index contributed by atoms with van der Waals surface area (Å²) in [5.74, 6) is -0.674. The van der Waals surface area contributed by atoms with Crippen molar-refractivity contribution < 1.29 is 9.18 Å². The molecule has 0 fully saturated rings. The molecule has 0 atom stereocenters. The highest BCUT2D eigenvalue weighted by Gasteiger charge is 2.11. The summed E-state index contributed by atoms with van der Waals surface area (Å²) in [6, 6.07) is 15.5. The fourth-order valence-electron chi connectivity index (χ4n) is 2.41. The zero-order valence-electron chi connectivity index (χ0n) is 14.0. The molecule has 0 unspecified atom stereocenters. The van der Waals surface area contributed by atoms with Gasteiger partial charge in [0.1, 0.15) is 11.5 Å². The first-order valence-corrected chi connectivity index (χ1v) is 7.89. The van der Waals surface area contributed by atoms with Gasteiger partial charge in [-0.2, -0.15) is 0 Å². The van der Waals surface area contributed by atoms with Gasteiger partial charge >= 0.3 is 0 Å². The van der Waals surface area contributed by atoms with E-state index in [0.717, 1.165) is 16.8 Å². The molecule has 0 radical (unpaired) electrons. The van der Waals surface area contributed by atoms with E-state index in [1.54, 1.807) is 30.3 Å². The van der Waals surface area contributed by atoms with Crippen LogP contribution in [0.5, 0.6) is 0 Å². The van der Waals surface area contributed by atoms with Gasteiger partial charge in [0.05, 0.1) is 5.69 Å². The second kappa shape index (κ2) is 7.13. The lowest BCUT2D eigenvalue weighted by Gasteiger charge is -2.11. The van der Waals surface area contributed by atoms with E-state index in [0.29, 0.717) is 11.4 Å². The monoisotopic (exact) mass is 335 g/mol. The zero-order valence-corrected chi connectivity index (χ0v) is 14.0. The summed E-state index contributed by atoms with van der Waals surface area (Å²) < 4.78 is 13.7. The first-order valence-electron chi connectivity index (χ1n) is 7.89. The number of aromatic nitrogens is 1. The molecule has 0 aliphatic rings. The van der Waals surface area contributed by atoms with Gasteiger partial charge in [0.25, 0.3) is 5.91 Å². The number of nitrogens with one attached hydrogen (secondary N) is 2. The molecule has 126 valence electrons. The minimum absolute atomic E-state index is 0.252. The van der Waals surface area contributed by atoms with E-state index in [1.165, 1.54) is 12.3 Å². The molecule has 0 bridgehead atoms. The molecule has 1 aromatic heterocycles. The molecular weight excluding hydrogens is 317 g/mol. The van der Waals surface area contributed by atoms with Crippen molar-refractivity contribution in [2.75, 3.05) is 10.6 Å². The molecule has 4 nitrogen and oxygen atoms in total. The molecule has 0 spiro atoms. The summed E-state index contributed by atoms with van der Waals surface area (Å²) in [6.07, 6.45) is 1.52. The summed E-state index contributed by atoms with van der Waals surface area (Å²) in [6.45, 7) is 3.89. The number of hydrogen-bond acceptors (Lipinski definition) is 3. The van der Waals surface area contributed by atoms with Crippen molar-refractivity contribution in [2.45, 2.75) is 13.8 Å². The van der Waals surface area contributed by atoms with Gasteiger partial charge in [-0.3, -0.25) is 9.78 Å². The molecular formula is C20H18FN3O. The smallest absolute Gasteiger partial charge is 0.274 e. The van der Waals surface area contributed by atoms with E-state index in [2.05, 4.69) is 15.6 Å². The highest BCUT2D eigenvalue weighted by molar-refractivity contribution is 6.03. The normalized spacial score (nSPS) is 10.4. The number of anilines is 3. The molecule has 0 aliphatic carbocycles. The van der Waals surface area contributed by atoms with E-state index in [4.69, 9.17) is 0 Å². The molecule has 1 amide bonds. The fourth-order valence-corrected chi connectivity index (χ4v) is 2.41. The third-order valence-electron chi connectivity index (χ3n) is 3.79. The number of halogens is 1. The molecule has 0 saturated carbocycles. The van der Waals surface area contributed by atoms with E-state index in [9.17, 15) is 9.18 Å². The molecule has 5 heteroatoms. The van der Waals surface area contributed by atoms with E-state index < -0.39 is 0 Å². The number of para-hydroxylation sites is 1. The highest BCUT2D eigenvalue weighted by Crippen LogP contribution is 2.21. The third-order valence-corrected chi connectivity index (χ3v) is 3.79. The Morgan fingerprint density at radius 2 is 1.80 bits per heavy atom. The Labute approximate surface area is 145 Å². The van der Waals surface area contributed by atoms with Crippen LogP contribution in [0.3, 0.4) is 0 Å². The lowest BCUT2D eigenvalue weighted by molar-refractivity contribution is 0.102. The van der Waals surface area contributed by atoms with Crippen LogP contribution in [0.4, 0.5) is 21.5 Å². The van der Waals surface area contributed by atoms with Gasteiger partial charge in [-0.15, -0.1) is 0 Å². The van der Waals surface area contributed by atoms with Crippen molar-refractivity contribution in [1.29, 1.82) is 0 Å². The second-order valence-corrected chi connectivity index (χ2v) is 5.81. The summed E-state index contributed by atoms with van der Waals surface area (Å²) in [5.41, 5.74) is 3.96. The minimum atomic E-state index is -0.360. The third kappa shape index (κ3) is 4.01. The van der Waals surface area contributed by atoms with Crippen LogP contribution in [0.15, 0.2) is 60.8 Å². The summed E-state index contributed by atoms with van der Waals surface area (Å²) in [7, 11) is 0. The molecule has 3 aromatic rings. The summed E-state index contributed by atoms with van der Waals surface area (Å²) in [4.78, 5) is 16.6. The van der Waals surface area contributed by atoms with Crippen molar-refractivity contribution >= 4 is 23.0 Å². The van der Waals surface area contributed by atoms with Gasteiger partial charge in [0.2, 0.25) is 0 Å². The van der Waals surface area contributed by atoms with Crippen LogP contribution >= 0.6 is 0 Å². The molecule has 0 aliphatic heterocycles. The van der Waals surface area contributed by atoms with Gasteiger partial charge in [-0.1, -0.05) is 24.3 Å². The molecule has 1 heterocycles. The standard InChI is InChI=1S/C20H18FN3O/c1-13-7-8-14(2)18(11-13)24-20(25)19-12-15(9-10-22-19)23-17-6-4-3-5-16(17)21/h3-12H,1-2H3,(H,22,23)(H,24,25). The molecule has 3 rings (SSSR count). The summed E-state index contributed by atoms with van der Waals surface area (Å²) in [5, 5.41) is 5.82. The minimum Gasteiger partial charge on any atom is -0.353 e. The van der Waals surface area contributed by atoms with Crippen molar-refractivity contribution in [1.82, 2.24) is 4.98 Å². The number of carbonyl (C=O) groups excluding carboxylic acids is 1. The molecule has 0 saturated heterocycles. The van der Waals surface area contributed by atoms with Crippen LogP contribution in [-0.4, -0.2) is 10.9 Å². The lowest BCUT2D eigenvalue weighted by Crippen LogP contribution is -2.14. The maximum atomic E-state index is 13.7. The Morgan fingerprint density at radius 3 is 2.60 bits per heavy atom. The Hall–Kier alpha value is -3.21. The van der Waals surface area contributed by atoms with Gasteiger partial charge in [0, 0.05) is 17.6 Å². The number of nitrogens with zero attached hydrogens (tertiary/aromatic N) is 1. The molecule has 25 heavy (non-hydrogen) atoms. The van der Waals surface area contributed by atoms with Crippen LogP contribution in [0.1, 0.15) is 21.6 Å². The first kappa shape index (κ1) is 16.6. The predicted molar refractivity (Wildman–Crippen MR) is 97.8 cm³/mol. The lowest BCUT2D eigenvalue weighted by atomic mass is 10.1. The van der Waals surface area contributed by atoms with Crippen LogP contribution in [-0.2, 0) is 0 Å². The van der Waals surface area contributed by atoms with Gasteiger partial charge in [0.15, 0.2) is 0 Å². The number of amides is 1. The number of aryl methyl sites for hydroxylation is 2. The topological polar surface area (TPSA) is 54.0 Å². The maximum Gasteiger partial charge on any atom is 0.274 e. The number of benzene rings is 2. The fraction of sp³-hybridized carbons (Fsp3) is 0.100. The Kier molecular flexibility index (Phi) is 4.75. The molecule has 2 N–H and O–H groups in total. The second-order valence-electron chi connectivity index (χ2n) is 5.81. The Balaban J connectivity index is 1.80. The molecule has 2 aromatic carbocycles. The van der Waals surface area contributed by atoms with Crippen molar-refractivity contribution in [3.63, 3.8) is 0 Å². The Bertz CT molecular complexity index is 924. The highest BCUT2D eigenvalue weighted by atomic mass is 19.1. The number of rotatable bonds is 4. The summed E-state index contributed by atoms with van der Waals surface area (Å²) >= 11 is 0. The van der Waals surface area contributed by atoms with Crippen molar-refractivity contribution in [3.05, 3.63) is 83.4 Å². The number of carbonyl (C=O) groups is 1. The first-order chi connectivity index (χ1) is 12.0. The average Bonchev–Trinajstić information content (AvgIpc) is 2.60. The quantitative estimate of drug-likeness (QED) is 0.718. The number of hydrogen-bond donors (Lipinski definition) is 2.